The smallest absolute Gasteiger partial charge is 0.0452 e. The van der Waals surface area contributed by atoms with E-state index in [-0.39, 0.29) is 0 Å². The quantitative estimate of drug-likeness (QED) is 0.440. The Bertz CT molecular complexity index is 274. The highest BCUT2D eigenvalue weighted by atomic mass is 32.2. The molecule has 0 atom stereocenters. The number of hydrogen-bond acceptors (Lipinski definition) is 3. The fourth-order valence-electron chi connectivity index (χ4n) is 1.03. The van der Waals surface area contributed by atoms with E-state index in [1.165, 1.54) is 10.5 Å². The van der Waals surface area contributed by atoms with Crippen LogP contribution in [0.3, 0.4) is 0 Å². The first-order valence-electron chi connectivity index (χ1n) is 4.43. The van der Waals surface area contributed by atoms with Crippen LogP contribution >= 0.6 is 11.8 Å². The van der Waals surface area contributed by atoms with Crippen LogP contribution in [0.15, 0.2) is 23.1 Å². The average molecular weight is 196 g/mol. The Balaban J connectivity index is 2.59. The van der Waals surface area contributed by atoms with Crippen molar-refractivity contribution >= 4 is 17.4 Å². The van der Waals surface area contributed by atoms with Crippen molar-refractivity contribution in [3.8, 4) is 0 Å². The molecule has 2 nitrogen and oxygen atoms in total. The van der Waals surface area contributed by atoms with Crippen LogP contribution in [-0.4, -0.2) is 12.3 Å². The molecule has 0 heterocycles. The lowest BCUT2D eigenvalue weighted by Gasteiger charge is -2.05. The van der Waals surface area contributed by atoms with Gasteiger partial charge in [-0.2, -0.15) is 0 Å². The first-order valence-corrected chi connectivity index (χ1v) is 5.41. The van der Waals surface area contributed by atoms with Crippen molar-refractivity contribution in [2.45, 2.75) is 18.2 Å². The summed E-state index contributed by atoms with van der Waals surface area (Å²) in [4.78, 5) is 1.17. The van der Waals surface area contributed by atoms with E-state index in [1.54, 1.807) is 11.8 Å². The standard InChI is InChI=1S/C10H16N2S/c1-8-3-4-9(12)10(7-8)13-6-2-5-11/h3-4,7H,2,5-6,11-12H2,1H3. The van der Waals surface area contributed by atoms with Crippen molar-refractivity contribution in [2.24, 2.45) is 5.73 Å². The van der Waals surface area contributed by atoms with Crippen LogP contribution in [-0.2, 0) is 0 Å². The Kier molecular flexibility index (Phi) is 4.12. The highest BCUT2D eigenvalue weighted by molar-refractivity contribution is 7.99. The van der Waals surface area contributed by atoms with E-state index in [4.69, 9.17) is 11.5 Å². The van der Waals surface area contributed by atoms with E-state index >= 15 is 0 Å². The Hall–Kier alpha value is -0.670. The van der Waals surface area contributed by atoms with Gasteiger partial charge in [-0.05, 0) is 43.3 Å². The summed E-state index contributed by atoms with van der Waals surface area (Å²) < 4.78 is 0. The predicted octanol–water partition coefficient (Wildman–Crippen LogP) is 2.02. The maximum atomic E-state index is 5.82. The van der Waals surface area contributed by atoms with Gasteiger partial charge in [-0.1, -0.05) is 6.07 Å². The van der Waals surface area contributed by atoms with Gasteiger partial charge in [-0.3, -0.25) is 0 Å². The van der Waals surface area contributed by atoms with Crippen LogP contribution in [0.5, 0.6) is 0 Å². The molecule has 0 spiro atoms. The van der Waals surface area contributed by atoms with Crippen molar-refractivity contribution in [2.75, 3.05) is 18.0 Å². The van der Waals surface area contributed by atoms with Crippen LogP contribution < -0.4 is 11.5 Å². The molecule has 1 aromatic carbocycles. The highest BCUT2D eigenvalue weighted by Crippen LogP contribution is 2.26. The van der Waals surface area contributed by atoms with E-state index in [9.17, 15) is 0 Å². The summed E-state index contributed by atoms with van der Waals surface area (Å²) in [5, 5.41) is 0. The minimum atomic E-state index is 0.749. The third-order valence-electron chi connectivity index (χ3n) is 1.78. The molecule has 1 aromatic rings. The zero-order chi connectivity index (χ0) is 9.68. The summed E-state index contributed by atoms with van der Waals surface area (Å²) >= 11 is 1.78. The average Bonchev–Trinajstić information content (AvgIpc) is 2.11. The second-order valence-electron chi connectivity index (χ2n) is 3.03. The first-order chi connectivity index (χ1) is 6.24. The van der Waals surface area contributed by atoms with Crippen LogP contribution in [0.4, 0.5) is 5.69 Å². The van der Waals surface area contributed by atoms with Crippen LogP contribution in [0, 0.1) is 6.92 Å². The highest BCUT2D eigenvalue weighted by Gasteiger charge is 1.99. The molecule has 1 rings (SSSR count). The summed E-state index contributed by atoms with van der Waals surface area (Å²) in [6.07, 6.45) is 1.04. The molecule has 72 valence electrons. The fourth-order valence-corrected chi connectivity index (χ4v) is 2.07. The summed E-state index contributed by atoms with van der Waals surface area (Å²) in [6.45, 7) is 2.82. The van der Waals surface area contributed by atoms with Crippen LogP contribution in [0.25, 0.3) is 0 Å². The third kappa shape index (κ3) is 3.28. The molecule has 4 N–H and O–H groups in total. The van der Waals surface area contributed by atoms with Crippen LogP contribution in [0.1, 0.15) is 12.0 Å². The van der Waals surface area contributed by atoms with Gasteiger partial charge in [0.25, 0.3) is 0 Å². The normalized spacial score (nSPS) is 10.3. The zero-order valence-electron chi connectivity index (χ0n) is 7.92. The lowest BCUT2D eigenvalue weighted by atomic mass is 10.2. The molecule has 0 amide bonds. The molecule has 0 radical (unpaired) electrons. The number of aryl methyl sites for hydroxylation is 1. The van der Waals surface area contributed by atoms with Gasteiger partial charge in [0.1, 0.15) is 0 Å². The van der Waals surface area contributed by atoms with Gasteiger partial charge in [0.2, 0.25) is 0 Å². The Labute approximate surface area is 83.7 Å². The number of nitrogens with two attached hydrogens (primary N) is 2. The maximum Gasteiger partial charge on any atom is 0.0452 e. The molecule has 0 aromatic heterocycles. The van der Waals surface area contributed by atoms with Gasteiger partial charge in [0.05, 0.1) is 0 Å². The van der Waals surface area contributed by atoms with E-state index < -0.39 is 0 Å². The summed E-state index contributed by atoms with van der Waals surface area (Å²) in [5.74, 6) is 1.05. The van der Waals surface area contributed by atoms with E-state index in [0.29, 0.717) is 0 Å². The predicted molar refractivity (Wildman–Crippen MR) is 60.0 cm³/mol. The summed E-state index contributed by atoms with van der Waals surface area (Å²) in [5.41, 5.74) is 13.4. The minimum absolute atomic E-state index is 0.749. The first kappa shape index (κ1) is 10.4. The molecule has 0 fully saturated rings. The van der Waals surface area contributed by atoms with Crippen LogP contribution in [0.2, 0.25) is 0 Å². The molecular formula is C10H16N2S. The molecule has 3 heteroatoms. The topological polar surface area (TPSA) is 52.0 Å². The number of rotatable bonds is 4. The number of thioether (sulfide) groups is 1. The van der Waals surface area contributed by atoms with Gasteiger partial charge in [0.15, 0.2) is 0 Å². The molecular weight excluding hydrogens is 180 g/mol. The van der Waals surface area contributed by atoms with Gasteiger partial charge in [-0.15, -0.1) is 11.8 Å². The second kappa shape index (κ2) is 5.14. The van der Waals surface area contributed by atoms with Crippen molar-refractivity contribution in [3.63, 3.8) is 0 Å². The fraction of sp³-hybridized carbons (Fsp3) is 0.400. The summed E-state index contributed by atoms with van der Waals surface area (Å²) in [6, 6.07) is 6.11. The maximum absolute atomic E-state index is 5.82. The lowest BCUT2D eigenvalue weighted by Crippen LogP contribution is -1.99. The van der Waals surface area contributed by atoms with Crippen molar-refractivity contribution < 1.29 is 0 Å². The van der Waals surface area contributed by atoms with Gasteiger partial charge in [0, 0.05) is 10.6 Å². The Morgan fingerprint density at radius 3 is 2.85 bits per heavy atom. The summed E-state index contributed by atoms with van der Waals surface area (Å²) in [7, 11) is 0. The molecule has 13 heavy (non-hydrogen) atoms. The molecule has 0 aliphatic carbocycles. The van der Waals surface area contributed by atoms with Crippen molar-refractivity contribution in [1.82, 2.24) is 0 Å². The minimum Gasteiger partial charge on any atom is -0.398 e. The number of hydrogen-bond donors (Lipinski definition) is 2. The zero-order valence-corrected chi connectivity index (χ0v) is 8.73. The largest absolute Gasteiger partial charge is 0.398 e. The van der Waals surface area contributed by atoms with Crippen molar-refractivity contribution in [3.05, 3.63) is 23.8 Å². The molecule has 0 unspecified atom stereocenters. The number of nitrogen functional groups attached to an aromatic ring is 1. The molecule has 0 saturated carbocycles. The second-order valence-corrected chi connectivity index (χ2v) is 4.17. The van der Waals surface area contributed by atoms with E-state index in [1.807, 2.05) is 12.1 Å². The Morgan fingerprint density at radius 2 is 2.15 bits per heavy atom. The number of anilines is 1. The lowest BCUT2D eigenvalue weighted by molar-refractivity contribution is 0.943. The molecule has 0 saturated heterocycles. The monoisotopic (exact) mass is 196 g/mol. The SMILES string of the molecule is Cc1ccc(N)c(SCCCN)c1. The van der Waals surface area contributed by atoms with Crippen molar-refractivity contribution in [1.29, 1.82) is 0 Å². The molecule has 0 bridgehead atoms. The van der Waals surface area contributed by atoms with Gasteiger partial charge < -0.3 is 11.5 Å². The Morgan fingerprint density at radius 1 is 1.38 bits per heavy atom. The van der Waals surface area contributed by atoms with E-state index in [2.05, 4.69) is 13.0 Å². The molecule has 0 aliphatic rings. The third-order valence-corrected chi connectivity index (χ3v) is 2.93. The number of benzene rings is 1. The van der Waals surface area contributed by atoms with Gasteiger partial charge in [-0.25, -0.2) is 0 Å². The molecule has 0 aliphatic heterocycles. The van der Waals surface area contributed by atoms with Gasteiger partial charge >= 0.3 is 0 Å². The van der Waals surface area contributed by atoms with E-state index in [0.717, 1.165) is 24.4 Å².